The van der Waals surface area contributed by atoms with Gasteiger partial charge in [0.25, 0.3) is 0 Å². The maximum atomic E-state index is 11.9. The predicted molar refractivity (Wildman–Crippen MR) is 84.7 cm³/mol. The van der Waals surface area contributed by atoms with Crippen LogP contribution < -0.4 is 0 Å². The molecule has 0 saturated carbocycles. The van der Waals surface area contributed by atoms with Gasteiger partial charge in [-0.3, -0.25) is 0 Å². The van der Waals surface area contributed by atoms with Gasteiger partial charge < -0.3 is 14.2 Å². The first kappa shape index (κ1) is 16.7. The van der Waals surface area contributed by atoms with Crippen molar-refractivity contribution in [2.24, 2.45) is 0 Å². The zero-order valence-electron chi connectivity index (χ0n) is 13.1. The molecule has 0 aromatic heterocycles. The number of ether oxygens (including phenoxy) is 3. The summed E-state index contributed by atoms with van der Waals surface area (Å²) in [5, 5.41) is 0. The summed E-state index contributed by atoms with van der Waals surface area (Å²) in [5.74, 6) is -0.307. The van der Waals surface area contributed by atoms with Crippen molar-refractivity contribution in [2.45, 2.75) is 45.0 Å². The van der Waals surface area contributed by atoms with Gasteiger partial charge in [0.15, 0.2) is 6.29 Å². The van der Waals surface area contributed by atoms with Gasteiger partial charge in [-0.25, -0.2) is 4.79 Å². The molecule has 22 heavy (non-hydrogen) atoms. The van der Waals surface area contributed by atoms with Crippen LogP contribution in [0.25, 0.3) is 0 Å². The van der Waals surface area contributed by atoms with Gasteiger partial charge in [-0.1, -0.05) is 23.8 Å². The van der Waals surface area contributed by atoms with Gasteiger partial charge in [-0.15, -0.1) is 6.58 Å². The van der Waals surface area contributed by atoms with E-state index in [-0.39, 0.29) is 25.0 Å². The summed E-state index contributed by atoms with van der Waals surface area (Å²) in [7, 11) is 0. The molecule has 4 nitrogen and oxygen atoms in total. The lowest BCUT2D eigenvalue weighted by molar-refractivity contribution is -0.141. The third kappa shape index (κ3) is 5.28. The molecule has 1 aromatic rings. The summed E-state index contributed by atoms with van der Waals surface area (Å²) in [4.78, 5) is 11.9. The largest absolute Gasteiger partial charge is 0.459 e. The van der Waals surface area contributed by atoms with Crippen LogP contribution in [-0.2, 0) is 14.2 Å². The number of hydrogen-bond donors (Lipinski definition) is 0. The standard InChI is InChI=1S/C18H24O4/c1-3-4-5-12-20-17-11-10-16(22-17)13-21-18(19)15-8-6-14(2)7-9-15/h3,6-9,16-17H,1,4-5,10-13H2,2H3. The highest BCUT2D eigenvalue weighted by Gasteiger charge is 2.26. The van der Waals surface area contributed by atoms with Crippen LogP contribution in [0.4, 0.5) is 0 Å². The molecule has 1 heterocycles. The van der Waals surface area contributed by atoms with Crippen LogP contribution in [0.5, 0.6) is 0 Å². The number of aryl methyl sites for hydroxylation is 1. The number of benzene rings is 1. The minimum atomic E-state index is -0.307. The Bertz CT molecular complexity index is 480. The first-order valence-electron chi connectivity index (χ1n) is 7.81. The van der Waals surface area contributed by atoms with E-state index in [0.29, 0.717) is 12.2 Å². The minimum absolute atomic E-state index is 0.0706. The highest BCUT2D eigenvalue weighted by atomic mass is 16.7. The highest BCUT2D eigenvalue weighted by molar-refractivity contribution is 5.89. The summed E-state index contributed by atoms with van der Waals surface area (Å²) >= 11 is 0. The van der Waals surface area contributed by atoms with Crippen LogP contribution in [0.3, 0.4) is 0 Å². The van der Waals surface area contributed by atoms with Crippen molar-refractivity contribution in [2.75, 3.05) is 13.2 Å². The molecule has 1 aromatic carbocycles. The lowest BCUT2D eigenvalue weighted by Gasteiger charge is -2.14. The number of rotatable bonds is 8. The number of carbonyl (C=O) groups excluding carboxylic acids is 1. The first-order chi connectivity index (χ1) is 10.7. The zero-order chi connectivity index (χ0) is 15.8. The molecular formula is C18H24O4. The molecule has 4 heteroatoms. The number of hydrogen-bond acceptors (Lipinski definition) is 4. The lowest BCUT2D eigenvalue weighted by Crippen LogP contribution is -2.21. The average Bonchev–Trinajstić information content (AvgIpc) is 2.98. The van der Waals surface area contributed by atoms with E-state index in [2.05, 4.69) is 6.58 Å². The van der Waals surface area contributed by atoms with E-state index in [1.54, 1.807) is 12.1 Å². The number of esters is 1. The Kier molecular flexibility index (Phi) is 6.62. The summed E-state index contributed by atoms with van der Waals surface area (Å²) in [6.07, 6.45) is 5.24. The van der Waals surface area contributed by atoms with Gasteiger partial charge in [0.2, 0.25) is 0 Å². The van der Waals surface area contributed by atoms with Crippen molar-refractivity contribution in [1.29, 1.82) is 0 Å². The topological polar surface area (TPSA) is 44.8 Å². The van der Waals surface area contributed by atoms with E-state index in [1.165, 1.54) is 0 Å². The predicted octanol–water partition coefficient (Wildman–Crippen LogP) is 3.64. The molecule has 0 N–H and O–H groups in total. The SMILES string of the molecule is C=CCCCOC1CCC(COC(=O)c2ccc(C)cc2)O1. The van der Waals surface area contributed by atoms with E-state index >= 15 is 0 Å². The fourth-order valence-corrected chi connectivity index (χ4v) is 2.30. The Morgan fingerprint density at radius 3 is 2.86 bits per heavy atom. The smallest absolute Gasteiger partial charge is 0.338 e. The molecule has 120 valence electrons. The second-order valence-corrected chi connectivity index (χ2v) is 5.53. The van der Waals surface area contributed by atoms with Crippen LogP contribution in [0, 0.1) is 6.92 Å². The van der Waals surface area contributed by atoms with Gasteiger partial charge >= 0.3 is 5.97 Å². The molecule has 0 aliphatic carbocycles. The maximum absolute atomic E-state index is 11.9. The van der Waals surface area contributed by atoms with Crippen molar-refractivity contribution >= 4 is 5.97 Å². The molecule has 0 spiro atoms. The Labute approximate surface area is 132 Å². The van der Waals surface area contributed by atoms with Crippen molar-refractivity contribution in [1.82, 2.24) is 0 Å². The van der Waals surface area contributed by atoms with Crippen molar-refractivity contribution in [3.05, 3.63) is 48.0 Å². The molecule has 1 fully saturated rings. The fourth-order valence-electron chi connectivity index (χ4n) is 2.30. The fraction of sp³-hybridized carbons (Fsp3) is 0.500. The van der Waals surface area contributed by atoms with E-state index in [9.17, 15) is 4.79 Å². The second kappa shape index (κ2) is 8.71. The number of unbranched alkanes of at least 4 members (excludes halogenated alkanes) is 1. The minimum Gasteiger partial charge on any atom is -0.459 e. The van der Waals surface area contributed by atoms with Crippen LogP contribution >= 0.6 is 0 Å². The lowest BCUT2D eigenvalue weighted by atomic mass is 10.1. The Morgan fingerprint density at radius 2 is 2.14 bits per heavy atom. The van der Waals surface area contributed by atoms with Crippen molar-refractivity contribution in [3.8, 4) is 0 Å². The third-order valence-corrected chi connectivity index (χ3v) is 3.61. The zero-order valence-corrected chi connectivity index (χ0v) is 13.1. The van der Waals surface area contributed by atoms with E-state index in [1.807, 2.05) is 25.1 Å². The Balaban J connectivity index is 1.66. The first-order valence-corrected chi connectivity index (χ1v) is 7.81. The normalized spacial score (nSPS) is 20.8. The van der Waals surface area contributed by atoms with Crippen LogP contribution in [-0.4, -0.2) is 31.6 Å². The second-order valence-electron chi connectivity index (χ2n) is 5.53. The average molecular weight is 304 g/mol. The molecule has 0 bridgehead atoms. The molecule has 0 radical (unpaired) electrons. The van der Waals surface area contributed by atoms with Gasteiger partial charge in [0, 0.05) is 6.42 Å². The summed E-state index contributed by atoms with van der Waals surface area (Å²) in [6, 6.07) is 7.35. The third-order valence-electron chi connectivity index (χ3n) is 3.61. The summed E-state index contributed by atoms with van der Waals surface area (Å²) in [5.41, 5.74) is 1.69. The van der Waals surface area contributed by atoms with Crippen LogP contribution in [0.2, 0.25) is 0 Å². The molecular weight excluding hydrogens is 280 g/mol. The number of carbonyl (C=O) groups is 1. The molecule has 1 saturated heterocycles. The Hall–Kier alpha value is -1.65. The molecule has 2 rings (SSSR count). The molecule has 2 unspecified atom stereocenters. The van der Waals surface area contributed by atoms with Crippen molar-refractivity contribution < 1.29 is 19.0 Å². The van der Waals surface area contributed by atoms with Crippen LogP contribution in [0.1, 0.15) is 41.6 Å². The van der Waals surface area contributed by atoms with Crippen LogP contribution in [0.15, 0.2) is 36.9 Å². The van der Waals surface area contributed by atoms with Gasteiger partial charge in [-0.2, -0.15) is 0 Å². The van der Waals surface area contributed by atoms with Gasteiger partial charge in [0.1, 0.15) is 6.61 Å². The Morgan fingerprint density at radius 1 is 1.36 bits per heavy atom. The monoisotopic (exact) mass is 304 g/mol. The number of allylic oxidation sites excluding steroid dienone is 1. The summed E-state index contributed by atoms with van der Waals surface area (Å²) in [6.45, 7) is 6.61. The molecule has 1 aliphatic heterocycles. The molecule has 0 amide bonds. The molecule has 2 atom stereocenters. The maximum Gasteiger partial charge on any atom is 0.338 e. The highest BCUT2D eigenvalue weighted by Crippen LogP contribution is 2.21. The van der Waals surface area contributed by atoms with Gasteiger partial charge in [-0.05, 0) is 38.3 Å². The summed E-state index contributed by atoms with van der Waals surface area (Å²) < 4.78 is 16.7. The van der Waals surface area contributed by atoms with E-state index in [4.69, 9.17) is 14.2 Å². The quantitative estimate of drug-likeness (QED) is 0.418. The van der Waals surface area contributed by atoms with Gasteiger partial charge in [0.05, 0.1) is 18.3 Å². The molecule has 1 aliphatic rings. The van der Waals surface area contributed by atoms with E-state index in [0.717, 1.165) is 31.2 Å². The van der Waals surface area contributed by atoms with E-state index < -0.39 is 0 Å². The van der Waals surface area contributed by atoms with Crippen molar-refractivity contribution in [3.63, 3.8) is 0 Å².